The predicted octanol–water partition coefficient (Wildman–Crippen LogP) is 1.03. The molecule has 1 aromatic carbocycles. The van der Waals surface area contributed by atoms with Gasteiger partial charge < -0.3 is 20.3 Å². The fraction of sp³-hybridized carbons (Fsp3) is 0.385. The average Bonchev–Trinajstić information content (AvgIpc) is 2.40. The van der Waals surface area contributed by atoms with Gasteiger partial charge in [0.2, 0.25) is 0 Å². The first kappa shape index (κ1) is 15.8. The Morgan fingerprint density at radius 1 is 1.45 bits per heavy atom. The molecule has 1 atom stereocenters. The van der Waals surface area contributed by atoms with Gasteiger partial charge >= 0.3 is 12.0 Å². The van der Waals surface area contributed by atoms with Crippen molar-refractivity contribution in [1.29, 1.82) is 0 Å². The van der Waals surface area contributed by atoms with Crippen LogP contribution in [0.1, 0.15) is 6.92 Å². The maximum Gasteiger partial charge on any atom is 0.334 e. The molecule has 1 unspecified atom stereocenters. The van der Waals surface area contributed by atoms with Crippen molar-refractivity contribution in [3.63, 3.8) is 0 Å². The van der Waals surface area contributed by atoms with Gasteiger partial charge in [0.05, 0.1) is 6.54 Å². The summed E-state index contributed by atoms with van der Waals surface area (Å²) in [6.07, 6.45) is -1.10. The first-order chi connectivity index (χ1) is 9.49. The van der Waals surface area contributed by atoms with Gasteiger partial charge in [0.1, 0.15) is 5.75 Å². The van der Waals surface area contributed by atoms with Gasteiger partial charge in [0.25, 0.3) is 0 Å². The molecule has 0 heterocycles. The monoisotopic (exact) mass is 282 g/mol. The number of carbonyl (C=O) groups is 2. The molecule has 0 aliphatic carbocycles. The molecule has 1 rings (SSSR count). The highest BCUT2D eigenvalue weighted by molar-refractivity contribution is 5.92. The van der Waals surface area contributed by atoms with Crippen LogP contribution in [0.5, 0.6) is 5.75 Å². The topological polar surface area (TPSA) is 99.1 Å². The van der Waals surface area contributed by atoms with Crippen LogP contribution in [0.15, 0.2) is 24.3 Å². The van der Waals surface area contributed by atoms with E-state index < -0.39 is 18.1 Å². The molecule has 20 heavy (non-hydrogen) atoms. The number of aliphatic carboxylic acids is 1. The molecule has 0 spiro atoms. The molecule has 0 aliphatic rings. The second-order valence-electron chi connectivity index (χ2n) is 4.01. The molecule has 3 N–H and O–H groups in total. The predicted molar refractivity (Wildman–Crippen MR) is 73.0 cm³/mol. The van der Waals surface area contributed by atoms with Crippen LogP contribution in [0.4, 0.5) is 10.5 Å². The molecule has 0 saturated carbocycles. The highest BCUT2D eigenvalue weighted by Crippen LogP contribution is 2.19. The Bertz CT molecular complexity index is 478. The molecule has 0 fully saturated rings. The first-order valence-electron chi connectivity index (χ1n) is 6.09. The van der Waals surface area contributed by atoms with Crippen LogP contribution < -0.4 is 10.2 Å². The number of benzene rings is 1. The van der Waals surface area contributed by atoms with Crippen molar-refractivity contribution in [3.05, 3.63) is 24.3 Å². The summed E-state index contributed by atoms with van der Waals surface area (Å²) in [5.74, 6) is -1.10. The van der Waals surface area contributed by atoms with E-state index in [1.165, 1.54) is 24.1 Å². The number of anilines is 1. The van der Waals surface area contributed by atoms with Crippen molar-refractivity contribution in [2.75, 3.05) is 25.1 Å². The molecular formula is C13H18N2O5. The summed E-state index contributed by atoms with van der Waals surface area (Å²) in [5, 5.41) is 20.7. The summed E-state index contributed by atoms with van der Waals surface area (Å²) in [6, 6.07) is 5.79. The SMILES string of the molecule is CCN(C(=O)NCC(OC)C(=O)O)c1cccc(O)c1. The fourth-order valence-electron chi connectivity index (χ4n) is 1.65. The molecule has 2 amide bonds. The number of hydrogen-bond donors (Lipinski definition) is 3. The van der Waals surface area contributed by atoms with Gasteiger partial charge in [-0.1, -0.05) is 6.07 Å². The number of aromatic hydroxyl groups is 1. The molecule has 7 heteroatoms. The van der Waals surface area contributed by atoms with Crippen LogP contribution in [0, 0.1) is 0 Å². The third kappa shape index (κ3) is 4.13. The number of hydrogen-bond acceptors (Lipinski definition) is 4. The molecule has 0 bridgehead atoms. The molecule has 0 radical (unpaired) electrons. The Balaban J connectivity index is 2.71. The van der Waals surface area contributed by atoms with E-state index in [0.717, 1.165) is 0 Å². The van der Waals surface area contributed by atoms with Crippen molar-refractivity contribution in [1.82, 2.24) is 5.32 Å². The lowest BCUT2D eigenvalue weighted by Gasteiger charge is -2.22. The van der Waals surface area contributed by atoms with Crippen molar-refractivity contribution >= 4 is 17.7 Å². The maximum atomic E-state index is 12.0. The summed E-state index contributed by atoms with van der Waals surface area (Å²) in [4.78, 5) is 24.2. The zero-order chi connectivity index (χ0) is 15.1. The average molecular weight is 282 g/mol. The largest absolute Gasteiger partial charge is 0.508 e. The molecule has 7 nitrogen and oxygen atoms in total. The van der Waals surface area contributed by atoms with Crippen LogP contribution in [0.2, 0.25) is 0 Å². The lowest BCUT2D eigenvalue weighted by Crippen LogP contribution is -2.45. The highest BCUT2D eigenvalue weighted by atomic mass is 16.5. The molecule has 110 valence electrons. The normalized spacial score (nSPS) is 11.7. The van der Waals surface area contributed by atoms with E-state index in [4.69, 9.17) is 9.84 Å². The summed E-state index contributed by atoms with van der Waals surface area (Å²) in [6.45, 7) is 2.01. The number of ether oxygens (including phenoxy) is 1. The Kier molecular flexibility index (Phi) is 5.79. The van der Waals surface area contributed by atoms with E-state index in [1.807, 2.05) is 0 Å². The highest BCUT2D eigenvalue weighted by Gasteiger charge is 2.20. The number of phenols is 1. The number of nitrogens with one attached hydrogen (secondary N) is 1. The van der Waals surface area contributed by atoms with Crippen molar-refractivity contribution < 1.29 is 24.5 Å². The van der Waals surface area contributed by atoms with Gasteiger partial charge in [-0.2, -0.15) is 0 Å². The number of amides is 2. The Labute approximate surface area is 116 Å². The van der Waals surface area contributed by atoms with E-state index in [0.29, 0.717) is 12.2 Å². The van der Waals surface area contributed by atoms with Gasteiger partial charge in [0, 0.05) is 25.4 Å². The summed E-state index contributed by atoms with van der Waals surface area (Å²) >= 11 is 0. The molecule has 0 saturated heterocycles. The van der Waals surface area contributed by atoms with Gasteiger partial charge in [0.15, 0.2) is 6.10 Å². The lowest BCUT2D eigenvalue weighted by atomic mass is 10.2. The minimum Gasteiger partial charge on any atom is -0.508 e. The van der Waals surface area contributed by atoms with Gasteiger partial charge in [-0.15, -0.1) is 0 Å². The van der Waals surface area contributed by atoms with E-state index in [9.17, 15) is 14.7 Å². The quantitative estimate of drug-likeness (QED) is 0.723. The number of rotatable bonds is 6. The number of carbonyl (C=O) groups excluding carboxylic acids is 1. The number of phenolic OH excluding ortho intramolecular Hbond substituents is 1. The Morgan fingerprint density at radius 3 is 2.65 bits per heavy atom. The summed E-state index contributed by atoms with van der Waals surface area (Å²) in [7, 11) is 1.26. The van der Waals surface area contributed by atoms with Gasteiger partial charge in [-0.05, 0) is 19.1 Å². The third-order valence-corrected chi connectivity index (χ3v) is 2.70. The third-order valence-electron chi connectivity index (χ3n) is 2.70. The molecule has 0 aromatic heterocycles. The number of nitrogens with zero attached hydrogens (tertiary/aromatic N) is 1. The van der Waals surface area contributed by atoms with Crippen molar-refractivity contribution in [3.8, 4) is 5.75 Å². The van der Waals surface area contributed by atoms with Gasteiger partial charge in [-0.3, -0.25) is 4.90 Å². The number of carboxylic acid groups (broad SMARTS) is 1. The molecule has 0 aliphatic heterocycles. The van der Waals surface area contributed by atoms with E-state index in [-0.39, 0.29) is 12.3 Å². The zero-order valence-corrected chi connectivity index (χ0v) is 11.4. The van der Waals surface area contributed by atoms with E-state index >= 15 is 0 Å². The Morgan fingerprint density at radius 2 is 2.15 bits per heavy atom. The smallest absolute Gasteiger partial charge is 0.334 e. The van der Waals surface area contributed by atoms with Crippen molar-refractivity contribution in [2.24, 2.45) is 0 Å². The van der Waals surface area contributed by atoms with Crippen LogP contribution in [-0.4, -0.2) is 48.5 Å². The number of urea groups is 1. The van der Waals surface area contributed by atoms with Crippen molar-refractivity contribution in [2.45, 2.75) is 13.0 Å². The zero-order valence-electron chi connectivity index (χ0n) is 11.4. The molecular weight excluding hydrogens is 264 g/mol. The second-order valence-corrected chi connectivity index (χ2v) is 4.01. The first-order valence-corrected chi connectivity index (χ1v) is 6.09. The fourth-order valence-corrected chi connectivity index (χ4v) is 1.65. The Hall–Kier alpha value is -2.28. The lowest BCUT2D eigenvalue weighted by molar-refractivity contribution is -0.147. The maximum absolute atomic E-state index is 12.0. The minimum atomic E-state index is -1.15. The van der Waals surface area contributed by atoms with Crippen LogP contribution in [0.3, 0.4) is 0 Å². The summed E-state index contributed by atoms with van der Waals surface area (Å²) < 4.78 is 4.73. The second kappa shape index (κ2) is 7.34. The van der Waals surface area contributed by atoms with Crippen LogP contribution in [-0.2, 0) is 9.53 Å². The van der Waals surface area contributed by atoms with Gasteiger partial charge in [-0.25, -0.2) is 9.59 Å². The van der Waals surface area contributed by atoms with E-state index in [2.05, 4.69) is 5.32 Å². The number of carboxylic acids is 1. The van der Waals surface area contributed by atoms with E-state index in [1.54, 1.807) is 19.1 Å². The minimum absolute atomic E-state index is 0.0501. The summed E-state index contributed by atoms with van der Waals surface area (Å²) in [5.41, 5.74) is 0.522. The number of methoxy groups -OCH3 is 1. The standard InChI is InChI=1S/C13H18N2O5/c1-3-15(9-5-4-6-10(16)7-9)13(19)14-8-11(20-2)12(17)18/h4-7,11,16H,3,8H2,1-2H3,(H,14,19)(H,17,18). The van der Waals surface area contributed by atoms with Crippen LogP contribution >= 0.6 is 0 Å². The molecule has 1 aromatic rings. The van der Waals surface area contributed by atoms with Crippen LogP contribution in [0.25, 0.3) is 0 Å².